The number of piperidine rings is 1. The molecular weight excluding hydrogens is 280 g/mol. The molecule has 3 aliphatic rings. The number of likely N-dealkylation sites (tertiary alicyclic amines) is 1. The topological polar surface area (TPSA) is 60.2 Å². The minimum absolute atomic E-state index is 0.177. The predicted molar refractivity (Wildman–Crippen MR) is 80.4 cm³/mol. The lowest BCUT2D eigenvalue weighted by Gasteiger charge is -2.34. The van der Waals surface area contributed by atoms with Gasteiger partial charge in [-0.2, -0.15) is 0 Å². The number of hydrogen-bond acceptors (Lipinski definition) is 4. The molecule has 2 aliphatic heterocycles. The Morgan fingerprint density at radius 2 is 2.09 bits per heavy atom. The highest BCUT2D eigenvalue weighted by atomic mass is 16.5. The number of rotatable bonds is 4. The molecule has 1 aliphatic carbocycles. The standard InChI is InChI=1S/C16H24N4O2/c1-22-14(11-6-7-11)16(21)19-8-2-4-12(10-19)15-18-17-13-5-3-9-20(13)15/h11-12,14H,2-10H2,1H3/t12-,14+/m0/s1. The highest BCUT2D eigenvalue weighted by Crippen LogP contribution is 2.36. The molecule has 0 spiro atoms. The molecule has 4 rings (SSSR count). The van der Waals surface area contributed by atoms with Crippen LogP contribution in [0.2, 0.25) is 0 Å². The zero-order valence-electron chi connectivity index (χ0n) is 13.2. The Hall–Kier alpha value is -1.43. The third-order valence-corrected chi connectivity index (χ3v) is 5.28. The fourth-order valence-electron chi connectivity index (χ4n) is 3.94. The maximum absolute atomic E-state index is 12.7. The van der Waals surface area contributed by atoms with Crippen LogP contribution in [0.4, 0.5) is 0 Å². The van der Waals surface area contributed by atoms with Crippen LogP contribution in [0.5, 0.6) is 0 Å². The van der Waals surface area contributed by atoms with Gasteiger partial charge in [0.05, 0.1) is 0 Å². The zero-order chi connectivity index (χ0) is 15.1. The first-order valence-corrected chi connectivity index (χ1v) is 8.51. The highest BCUT2D eigenvalue weighted by Gasteiger charge is 2.40. The average Bonchev–Trinajstić information content (AvgIpc) is 3.11. The molecule has 2 atom stereocenters. The highest BCUT2D eigenvalue weighted by molar-refractivity contribution is 5.81. The van der Waals surface area contributed by atoms with Gasteiger partial charge in [0.15, 0.2) is 0 Å². The van der Waals surface area contributed by atoms with Gasteiger partial charge in [-0.3, -0.25) is 4.79 Å². The van der Waals surface area contributed by atoms with E-state index in [2.05, 4.69) is 14.8 Å². The van der Waals surface area contributed by atoms with Gasteiger partial charge >= 0.3 is 0 Å². The van der Waals surface area contributed by atoms with Gasteiger partial charge in [0.2, 0.25) is 0 Å². The Labute approximate surface area is 130 Å². The van der Waals surface area contributed by atoms with Crippen LogP contribution in [0, 0.1) is 5.92 Å². The first-order valence-electron chi connectivity index (χ1n) is 8.51. The number of aromatic nitrogens is 3. The molecule has 120 valence electrons. The Morgan fingerprint density at radius 3 is 2.86 bits per heavy atom. The molecule has 2 fully saturated rings. The van der Waals surface area contributed by atoms with Crippen LogP contribution in [-0.2, 0) is 22.5 Å². The van der Waals surface area contributed by atoms with Crippen LogP contribution in [0.1, 0.15) is 49.7 Å². The lowest BCUT2D eigenvalue weighted by molar-refractivity contribution is -0.144. The van der Waals surface area contributed by atoms with Crippen molar-refractivity contribution in [1.29, 1.82) is 0 Å². The third kappa shape index (κ3) is 2.43. The fourth-order valence-corrected chi connectivity index (χ4v) is 3.94. The van der Waals surface area contributed by atoms with Gasteiger partial charge < -0.3 is 14.2 Å². The molecule has 1 saturated carbocycles. The maximum atomic E-state index is 12.7. The SMILES string of the molecule is CO[C@@H](C(=O)N1CCC[C@H](c2nnc3n2CCC3)C1)C1CC1. The van der Waals surface area contributed by atoms with Crippen LogP contribution in [0.25, 0.3) is 0 Å². The van der Waals surface area contributed by atoms with Gasteiger partial charge in [0.25, 0.3) is 5.91 Å². The van der Waals surface area contributed by atoms with E-state index >= 15 is 0 Å². The molecular formula is C16H24N4O2. The van der Waals surface area contributed by atoms with E-state index in [1.807, 2.05) is 4.90 Å². The summed E-state index contributed by atoms with van der Waals surface area (Å²) in [5.74, 6) is 3.15. The van der Waals surface area contributed by atoms with E-state index in [1.54, 1.807) is 7.11 Å². The van der Waals surface area contributed by atoms with Crippen LogP contribution >= 0.6 is 0 Å². The van der Waals surface area contributed by atoms with E-state index in [4.69, 9.17) is 4.74 Å². The van der Waals surface area contributed by atoms with Gasteiger partial charge in [0.1, 0.15) is 17.8 Å². The Morgan fingerprint density at radius 1 is 1.23 bits per heavy atom. The van der Waals surface area contributed by atoms with Crippen molar-refractivity contribution in [2.24, 2.45) is 5.92 Å². The van der Waals surface area contributed by atoms with Gasteiger partial charge in [-0.05, 0) is 38.0 Å². The van der Waals surface area contributed by atoms with Crippen molar-refractivity contribution in [3.63, 3.8) is 0 Å². The molecule has 0 unspecified atom stereocenters. The Kier molecular flexibility index (Phi) is 3.64. The molecule has 1 saturated heterocycles. The molecule has 0 radical (unpaired) electrons. The number of nitrogens with zero attached hydrogens (tertiary/aromatic N) is 4. The Bertz CT molecular complexity index is 566. The number of methoxy groups -OCH3 is 1. The molecule has 0 aromatic carbocycles. The van der Waals surface area contributed by atoms with E-state index in [0.717, 1.165) is 63.4 Å². The smallest absolute Gasteiger partial charge is 0.251 e. The first kappa shape index (κ1) is 14.2. The van der Waals surface area contributed by atoms with Crippen LogP contribution in [0.3, 0.4) is 0 Å². The number of hydrogen-bond donors (Lipinski definition) is 0. The average molecular weight is 304 g/mol. The molecule has 1 aromatic heterocycles. The molecule has 1 aromatic rings. The summed E-state index contributed by atoms with van der Waals surface area (Å²) in [5.41, 5.74) is 0. The summed E-state index contributed by atoms with van der Waals surface area (Å²) in [4.78, 5) is 14.7. The molecule has 0 bridgehead atoms. The number of carbonyl (C=O) groups excluding carboxylic acids is 1. The molecule has 22 heavy (non-hydrogen) atoms. The van der Waals surface area contributed by atoms with E-state index < -0.39 is 0 Å². The number of ether oxygens (including phenoxy) is 1. The second-order valence-electron chi connectivity index (χ2n) is 6.85. The molecule has 6 nitrogen and oxygen atoms in total. The lowest BCUT2D eigenvalue weighted by Crippen LogP contribution is -2.46. The van der Waals surface area contributed by atoms with E-state index in [-0.39, 0.29) is 12.0 Å². The van der Waals surface area contributed by atoms with Gasteiger partial charge in [0, 0.05) is 39.1 Å². The summed E-state index contributed by atoms with van der Waals surface area (Å²) in [5, 5.41) is 8.73. The summed E-state index contributed by atoms with van der Waals surface area (Å²) < 4.78 is 7.74. The monoisotopic (exact) mass is 304 g/mol. The molecule has 3 heterocycles. The van der Waals surface area contributed by atoms with Crippen molar-refractivity contribution >= 4 is 5.91 Å². The van der Waals surface area contributed by atoms with Crippen molar-refractivity contribution in [3.8, 4) is 0 Å². The third-order valence-electron chi connectivity index (χ3n) is 5.28. The predicted octanol–water partition coefficient (Wildman–Crippen LogP) is 1.36. The first-order chi connectivity index (χ1) is 10.8. The van der Waals surface area contributed by atoms with Crippen LogP contribution < -0.4 is 0 Å². The lowest BCUT2D eigenvalue weighted by atomic mass is 9.96. The van der Waals surface area contributed by atoms with Crippen LogP contribution in [-0.4, -0.2) is 51.9 Å². The van der Waals surface area contributed by atoms with Crippen LogP contribution in [0.15, 0.2) is 0 Å². The summed E-state index contributed by atoms with van der Waals surface area (Å²) >= 11 is 0. The zero-order valence-corrected chi connectivity index (χ0v) is 13.2. The van der Waals surface area contributed by atoms with E-state index in [0.29, 0.717) is 11.8 Å². The Balaban J connectivity index is 1.48. The van der Waals surface area contributed by atoms with E-state index in [1.165, 1.54) is 6.42 Å². The summed E-state index contributed by atoms with van der Waals surface area (Å²) in [6, 6.07) is 0. The summed E-state index contributed by atoms with van der Waals surface area (Å²) in [6.45, 7) is 2.65. The number of aryl methyl sites for hydroxylation is 1. The van der Waals surface area contributed by atoms with E-state index in [9.17, 15) is 4.79 Å². The number of carbonyl (C=O) groups is 1. The second-order valence-corrected chi connectivity index (χ2v) is 6.85. The quantitative estimate of drug-likeness (QED) is 0.842. The second kappa shape index (κ2) is 5.65. The van der Waals surface area contributed by atoms with Crippen molar-refractivity contribution in [3.05, 3.63) is 11.6 Å². The number of fused-ring (bicyclic) bond motifs is 1. The molecule has 6 heteroatoms. The molecule has 1 amide bonds. The van der Waals surface area contributed by atoms with Crippen molar-refractivity contribution in [2.75, 3.05) is 20.2 Å². The largest absolute Gasteiger partial charge is 0.371 e. The normalized spacial score (nSPS) is 26.0. The minimum atomic E-state index is -0.233. The van der Waals surface area contributed by atoms with Gasteiger partial charge in [-0.1, -0.05) is 0 Å². The number of amides is 1. The summed E-state index contributed by atoms with van der Waals surface area (Å²) in [7, 11) is 1.66. The van der Waals surface area contributed by atoms with Gasteiger partial charge in [-0.15, -0.1) is 10.2 Å². The van der Waals surface area contributed by atoms with Crippen molar-refractivity contribution < 1.29 is 9.53 Å². The summed E-state index contributed by atoms with van der Waals surface area (Å²) in [6.07, 6.45) is 6.36. The fraction of sp³-hybridized carbons (Fsp3) is 0.812. The van der Waals surface area contributed by atoms with Crippen molar-refractivity contribution in [2.45, 2.75) is 57.1 Å². The maximum Gasteiger partial charge on any atom is 0.251 e. The minimum Gasteiger partial charge on any atom is -0.371 e. The van der Waals surface area contributed by atoms with Crippen molar-refractivity contribution in [1.82, 2.24) is 19.7 Å². The van der Waals surface area contributed by atoms with Gasteiger partial charge in [-0.25, -0.2) is 0 Å². The molecule has 0 N–H and O–H groups in total.